The van der Waals surface area contributed by atoms with E-state index in [0.29, 0.717) is 43.1 Å². The van der Waals surface area contributed by atoms with Crippen molar-refractivity contribution in [2.24, 2.45) is 0 Å². The number of rotatable bonds is 6. The summed E-state index contributed by atoms with van der Waals surface area (Å²) in [6.07, 6.45) is -6.05. The molecule has 8 aromatic rings. The average molecular weight is 1270 g/mol. The fourth-order valence-electron chi connectivity index (χ4n) is 7.17. The van der Waals surface area contributed by atoms with Crippen molar-refractivity contribution in [3.05, 3.63) is 144 Å². The third-order valence-electron chi connectivity index (χ3n) is 9.73. The van der Waals surface area contributed by atoms with Gasteiger partial charge in [-0.1, -0.05) is 97.1 Å². The molecule has 8 aromatic carbocycles. The number of hydrogen-bond donors (Lipinski definition) is 10. The SMILES string of the molecule is O.O.O.O.O.O.O=C(O)c1cc2ccccc2c(-c2c(O)c(C([O-])O)cc3ccccc23)c1O.Oc1c(C(O)O)cc2ccccc2c1-c1c(O)c(C(O)O)cc2ccccc12.[OH3+].[Zn].[Zn].[Zn].[Zn].[Zn].[Zn]. The minimum atomic E-state index is -2.19. The number of hydrogen-bond acceptors (Lipinski definition) is 11. The quantitative estimate of drug-likeness (QED) is 0.0610. The molecule has 0 saturated heterocycles. The molecule has 69 heavy (non-hydrogen) atoms. The Labute approximate surface area is 468 Å². The van der Waals surface area contributed by atoms with Crippen LogP contribution in [0, 0.1) is 0 Å². The van der Waals surface area contributed by atoms with E-state index in [1.807, 2.05) is 0 Å². The Hall–Kier alpha value is -3.31. The van der Waals surface area contributed by atoms with Gasteiger partial charge in [-0.15, -0.1) is 0 Å². The van der Waals surface area contributed by atoms with E-state index in [1.54, 1.807) is 97.1 Å². The fourth-order valence-corrected chi connectivity index (χ4v) is 7.17. The number of benzene rings is 8. The topological polar surface area (TPSA) is 464 Å². The second-order valence-electron chi connectivity index (χ2n) is 13.0. The number of carbonyl (C=O) groups is 1. The van der Waals surface area contributed by atoms with Crippen molar-refractivity contribution >= 4 is 49.1 Å². The summed E-state index contributed by atoms with van der Waals surface area (Å²) < 4.78 is 0. The molecule has 25 heteroatoms. The number of aliphatic hydroxyl groups is 5. The monoisotopic (exact) mass is 1260 g/mol. The van der Waals surface area contributed by atoms with Crippen LogP contribution in [0.5, 0.6) is 23.0 Å². The van der Waals surface area contributed by atoms with Crippen LogP contribution in [-0.2, 0) is 122 Å². The number of phenolic OH excluding ortho intramolecular Hbond substituents is 3. The van der Waals surface area contributed by atoms with Gasteiger partial charge < -0.3 is 94.5 Å². The first kappa shape index (κ1) is 79.8. The van der Waals surface area contributed by atoms with Crippen LogP contribution < -0.4 is 5.11 Å². The van der Waals surface area contributed by atoms with Gasteiger partial charge in [0.05, 0.1) is 11.1 Å². The Morgan fingerprint density at radius 1 is 0.391 bits per heavy atom. The van der Waals surface area contributed by atoms with Crippen LogP contribution in [-0.4, -0.2) is 89.9 Å². The summed E-state index contributed by atoms with van der Waals surface area (Å²) in [6.45, 7) is 0. The van der Waals surface area contributed by atoms with Crippen molar-refractivity contribution in [2.75, 3.05) is 0 Å². The van der Waals surface area contributed by atoms with E-state index < -0.39 is 47.8 Å². The van der Waals surface area contributed by atoms with Crippen LogP contribution in [0.4, 0.5) is 0 Å². The zero-order valence-electron chi connectivity index (χ0n) is 36.9. The Balaban J connectivity index is -0.000000188. The molecule has 1 atom stereocenters. The van der Waals surface area contributed by atoms with Crippen LogP contribution in [0.2, 0.25) is 0 Å². The van der Waals surface area contributed by atoms with Crippen LogP contribution in [0.1, 0.15) is 45.9 Å². The second-order valence-corrected chi connectivity index (χ2v) is 13.0. The van der Waals surface area contributed by atoms with Crippen molar-refractivity contribution in [2.45, 2.75) is 18.9 Å². The molecule has 25 N–H and O–H groups in total. The molecule has 0 heterocycles. The van der Waals surface area contributed by atoms with E-state index in [1.165, 1.54) is 24.3 Å². The smallest absolute Gasteiger partial charge is 0.339 e. The number of carboxylic acid groups (broad SMARTS) is 1. The molecule has 0 aliphatic rings. The predicted molar refractivity (Wildman–Crippen MR) is 233 cm³/mol. The Bertz CT molecular complexity index is 2770. The number of aliphatic hydroxyl groups excluding tert-OH is 3. The summed E-state index contributed by atoms with van der Waals surface area (Å²) in [5, 5.41) is 118. The number of carboxylic acids is 1. The Morgan fingerprint density at radius 3 is 0.884 bits per heavy atom. The second kappa shape index (κ2) is 33.4. The third-order valence-corrected chi connectivity index (χ3v) is 9.73. The van der Waals surface area contributed by atoms with Crippen molar-refractivity contribution < 1.29 is 216 Å². The number of aromatic carboxylic acids is 1. The number of phenols is 4. The van der Waals surface area contributed by atoms with E-state index in [0.717, 1.165) is 0 Å². The van der Waals surface area contributed by atoms with Crippen LogP contribution >= 0.6 is 0 Å². The molecule has 0 aliphatic carbocycles. The first-order valence-corrected chi connectivity index (χ1v) is 17.1. The van der Waals surface area contributed by atoms with E-state index in [-0.39, 0.29) is 200 Å². The van der Waals surface area contributed by atoms with Crippen molar-refractivity contribution in [3.8, 4) is 45.3 Å². The molecule has 0 aromatic heterocycles. The van der Waals surface area contributed by atoms with Gasteiger partial charge in [0.2, 0.25) is 0 Å². The first-order valence-electron chi connectivity index (χ1n) is 17.1. The van der Waals surface area contributed by atoms with Crippen molar-refractivity contribution in [1.82, 2.24) is 0 Å². The summed E-state index contributed by atoms with van der Waals surface area (Å²) in [5.74, 6) is -3.15. The molecule has 1 unspecified atom stereocenters. The summed E-state index contributed by atoms with van der Waals surface area (Å²) in [6, 6.07) is 33.3. The molecule has 0 radical (unpaired) electrons. The number of fused-ring (bicyclic) bond motifs is 4. The molecule has 8 rings (SSSR count). The standard InChI is InChI=1S/C22H18O6.C22H15O6.7H2O.6Zn/c2*23-19-15(21(25)26)9-11-5-1-3-7-13(11)17(19)18-14-8-4-2-6-12(14)10-16(20(18)24)22(27)28;;;;;;;;;;;;;/h1-10,21-28H;1-10,21,23-25H,(H,27,28);7*1H2;;;;;;/q;-1;;;;;;;;;;;;;/p+1. The maximum absolute atomic E-state index is 11.7. The molecule has 0 saturated carbocycles. The van der Waals surface area contributed by atoms with Crippen LogP contribution in [0.15, 0.2) is 121 Å². The summed E-state index contributed by atoms with van der Waals surface area (Å²) in [5.41, 5.74) is -0.274. The van der Waals surface area contributed by atoms with Gasteiger partial charge >= 0.3 is 5.97 Å². The predicted octanol–water partition coefficient (Wildman–Crippen LogP) is 0.273. The maximum Gasteiger partial charge on any atom is 0.339 e. The van der Waals surface area contributed by atoms with Crippen molar-refractivity contribution in [1.29, 1.82) is 0 Å². The van der Waals surface area contributed by atoms with E-state index >= 15 is 0 Å². The van der Waals surface area contributed by atoms with E-state index in [4.69, 9.17) is 0 Å². The molecular weight excluding hydrogens is 1220 g/mol. The van der Waals surface area contributed by atoms with Gasteiger partial charge in [-0.3, -0.25) is 0 Å². The summed E-state index contributed by atoms with van der Waals surface area (Å²) >= 11 is 0. The normalized spacial score (nSPS) is 9.80. The molecule has 0 fully saturated rings. The first-order chi connectivity index (χ1) is 26.8. The van der Waals surface area contributed by atoms with Gasteiger partial charge in [0.1, 0.15) is 28.6 Å². The van der Waals surface area contributed by atoms with Crippen LogP contribution in [0.25, 0.3) is 65.3 Å². The maximum atomic E-state index is 11.7. The van der Waals surface area contributed by atoms with Gasteiger partial charge in [-0.25, -0.2) is 4.79 Å². The van der Waals surface area contributed by atoms with Gasteiger partial charge in [0.15, 0.2) is 12.6 Å². The molecule has 0 amide bonds. The summed E-state index contributed by atoms with van der Waals surface area (Å²) in [7, 11) is 0. The van der Waals surface area contributed by atoms with Crippen LogP contribution in [0.3, 0.4) is 0 Å². The molecule has 350 valence electrons. The average Bonchev–Trinajstić information content (AvgIpc) is 3.18. The van der Waals surface area contributed by atoms with Crippen molar-refractivity contribution in [3.63, 3.8) is 0 Å². The minimum Gasteiger partial charge on any atom is -0.828 e. The largest absolute Gasteiger partial charge is 0.828 e. The molecular formula is C44H48O19Zn6. The van der Waals surface area contributed by atoms with E-state index in [9.17, 15) is 61.0 Å². The molecule has 0 bridgehead atoms. The third kappa shape index (κ3) is 15.4. The molecule has 0 aliphatic heterocycles. The Kier molecular flexibility index (Phi) is 38.6. The van der Waals surface area contributed by atoms with E-state index in [2.05, 4.69) is 0 Å². The molecule has 0 spiro atoms. The van der Waals surface area contributed by atoms with Gasteiger partial charge in [0, 0.05) is 151 Å². The Morgan fingerprint density at radius 2 is 0.623 bits per heavy atom. The summed E-state index contributed by atoms with van der Waals surface area (Å²) in [4.78, 5) is 11.7. The van der Waals surface area contributed by atoms with Gasteiger partial charge in [0.25, 0.3) is 0 Å². The number of aromatic hydroxyl groups is 4. The van der Waals surface area contributed by atoms with Gasteiger partial charge in [-0.05, 0) is 67.4 Å². The zero-order chi connectivity index (χ0) is 40.0. The minimum absolute atomic E-state index is 0. The fraction of sp³-hybridized carbons (Fsp3) is 0.0682. The zero-order valence-corrected chi connectivity index (χ0v) is 54.7. The van der Waals surface area contributed by atoms with Gasteiger partial charge in [-0.2, -0.15) is 0 Å². The molecule has 19 nitrogen and oxygen atoms in total.